The van der Waals surface area contributed by atoms with Crippen LogP contribution in [-0.4, -0.2) is 22.2 Å². The van der Waals surface area contributed by atoms with Crippen molar-refractivity contribution in [1.82, 2.24) is 0 Å². The van der Waals surface area contributed by atoms with Crippen LogP contribution < -0.4 is 0 Å². The lowest BCUT2D eigenvalue weighted by Gasteiger charge is -2.05. The smallest absolute Gasteiger partial charge is 0.336 e. The van der Waals surface area contributed by atoms with Gasteiger partial charge in [-0.3, -0.25) is 0 Å². The lowest BCUT2D eigenvalue weighted by molar-refractivity contribution is 0.0695. The van der Waals surface area contributed by atoms with Gasteiger partial charge in [-0.2, -0.15) is 0 Å². The predicted octanol–water partition coefficient (Wildman–Crippen LogP) is 2.24. The second-order valence-corrected chi connectivity index (χ2v) is 3.32. The third-order valence-electron chi connectivity index (χ3n) is 2.37. The summed E-state index contributed by atoms with van der Waals surface area (Å²) in [6, 6.07) is 9.37. The first kappa shape index (κ1) is 10.2. The minimum absolute atomic E-state index is 0.00972. The normalized spacial score (nSPS) is 10.2. The molecule has 4 heteroatoms. The summed E-state index contributed by atoms with van der Waals surface area (Å²) in [6.07, 6.45) is 0. The largest absolute Gasteiger partial charge is 0.478 e. The molecule has 0 saturated carbocycles. The van der Waals surface area contributed by atoms with Crippen molar-refractivity contribution in [1.29, 1.82) is 0 Å². The number of benzene rings is 2. The Hall–Kier alpha value is -2.36. The molecule has 2 rings (SSSR count). The number of carbonyl (C=O) groups is 2. The van der Waals surface area contributed by atoms with Crippen molar-refractivity contribution in [3.8, 4) is 0 Å². The van der Waals surface area contributed by atoms with E-state index in [0.29, 0.717) is 5.39 Å². The summed E-state index contributed by atoms with van der Waals surface area (Å²) >= 11 is 0. The van der Waals surface area contributed by atoms with Crippen LogP contribution in [0, 0.1) is 0 Å². The molecule has 0 aliphatic heterocycles. The third kappa shape index (κ3) is 1.50. The quantitative estimate of drug-likeness (QED) is 0.807. The van der Waals surface area contributed by atoms with Crippen LogP contribution in [0.2, 0.25) is 0 Å². The molecule has 2 N–H and O–H groups in total. The molecule has 0 fully saturated rings. The summed E-state index contributed by atoms with van der Waals surface area (Å²) in [5.41, 5.74) is 0.0194. The molecule has 0 aromatic heterocycles. The first-order valence-electron chi connectivity index (χ1n) is 4.59. The van der Waals surface area contributed by atoms with Gasteiger partial charge < -0.3 is 10.2 Å². The number of hydrogen-bond donors (Lipinski definition) is 2. The van der Waals surface area contributed by atoms with E-state index in [4.69, 9.17) is 10.2 Å². The highest BCUT2D eigenvalue weighted by Crippen LogP contribution is 2.23. The Kier molecular flexibility index (Phi) is 2.32. The summed E-state index contributed by atoms with van der Waals surface area (Å²) in [6.45, 7) is 0. The molecule has 0 amide bonds. The van der Waals surface area contributed by atoms with Gasteiger partial charge in [0.15, 0.2) is 0 Å². The molecule has 0 spiro atoms. The fourth-order valence-electron chi connectivity index (χ4n) is 1.70. The molecule has 2 aromatic rings. The van der Waals surface area contributed by atoms with Gasteiger partial charge >= 0.3 is 11.9 Å². The molecule has 4 nitrogen and oxygen atoms in total. The highest BCUT2D eigenvalue weighted by molar-refractivity contribution is 6.12. The molecular weight excluding hydrogens is 208 g/mol. The van der Waals surface area contributed by atoms with Gasteiger partial charge in [-0.1, -0.05) is 24.3 Å². The Bertz CT molecular complexity index is 538. The van der Waals surface area contributed by atoms with Gasteiger partial charge in [-0.15, -0.1) is 0 Å². The summed E-state index contributed by atoms with van der Waals surface area (Å²) < 4.78 is 0. The number of hydrogen-bond acceptors (Lipinski definition) is 2. The van der Waals surface area contributed by atoms with Gasteiger partial charge in [0.25, 0.3) is 0 Å². The van der Waals surface area contributed by atoms with Crippen molar-refractivity contribution < 1.29 is 19.8 Å². The SMILES string of the molecule is O=C(O)c1cccc2cccc(C(=O)O)c12. The molecule has 2 aromatic carbocycles. The minimum Gasteiger partial charge on any atom is -0.478 e. The zero-order valence-electron chi connectivity index (χ0n) is 8.18. The lowest BCUT2D eigenvalue weighted by Crippen LogP contribution is -2.03. The average molecular weight is 216 g/mol. The maximum absolute atomic E-state index is 11.0. The van der Waals surface area contributed by atoms with Crippen LogP contribution >= 0.6 is 0 Å². The van der Waals surface area contributed by atoms with Crippen molar-refractivity contribution in [2.45, 2.75) is 0 Å². The van der Waals surface area contributed by atoms with E-state index in [9.17, 15) is 9.59 Å². The molecule has 0 bridgehead atoms. The Morgan fingerprint density at radius 2 is 1.25 bits per heavy atom. The fraction of sp³-hybridized carbons (Fsp3) is 0. The van der Waals surface area contributed by atoms with Gasteiger partial charge in [0.05, 0.1) is 11.1 Å². The van der Waals surface area contributed by atoms with Crippen molar-refractivity contribution in [3.63, 3.8) is 0 Å². The van der Waals surface area contributed by atoms with Crippen LogP contribution in [0.5, 0.6) is 0 Å². The maximum Gasteiger partial charge on any atom is 0.336 e. The molecule has 0 aliphatic rings. The highest BCUT2D eigenvalue weighted by atomic mass is 16.4. The molecule has 0 heterocycles. The van der Waals surface area contributed by atoms with E-state index in [0.717, 1.165) is 0 Å². The zero-order chi connectivity index (χ0) is 11.7. The van der Waals surface area contributed by atoms with E-state index in [-0.39, 0.29) is 16.5 Å². The van der Waals surface area contributed by atoms with Crippen LogP contribution in [0.3, 0.4) is 0 Å². The van der Waals surface area contributed by atoms with E-state index in [1.807, 2.05) is 0 Å². The summed E-state index contributed by atoms with van der Waals surface area (Å²) in [4.78, 5) is 22.0. The summed E-state index contributed by atoms with van der Waals surface area (Å²) in [5.74, 6) is -2.25. The molecule has 0 unspecified atom stereocenters. The van der Waals surface area contributed by atoms with Crippen molar-refractivity contribution in [2.75, 3.05) is 0 Å². The number of rotatable bonds is 2. The summed E-state index contributed by atoms with van der Waals surface area (Å²) in [5, 5.41) is 18.9. The van der Waals surface area contributed by atoms with Gasteiger partial charge in [0.2, 0.25) is 0 Å². The number of carboxylic acid groups (broad SMARTS) is 2. The van der Waals surface area contributed by atoms with Crippen molar-refractivity contribution in [2.24, 2.45) is 0 Å². The first-order valence-corrected chi connectivity index (χ1v) is 4.59. The molecule has 0 saturated heterocycles. The molecule has 0 aliphatic carbocycles. The average Bonchev–Trinajstić information content (AvgIpc) is 2.27. The summed E-state index contributed by atoms with van der Waals surface area (Å²) in [7, 11) is 0. The van der Waals surface area contributed by atoms with E-state index in [1.54, 1.807) is 24.3 Å². The lowest BCUT2D eigenvalue weighted by atomic mass is 9.99. The standard InChI is InChI=1S/C12H8O4/c13-11(14)8-5-1-3-7-4-2-6-9(10(7)8)12(15)16/h1-6H,(H,13,14)(H,15,16). The Balaban J connectivity index is 2.92. The van der Waals surface area contributed by atoms with Crippen molar-refractivity contribution in [3.05, 3.63) is 47.5 Å². The van der Waals surface area contributed by atoms with E-state index < -0.39 is 11.9 Å². The fourth-order valence-corrected chi connectivity index (χ4v) is 1.70. The minimum atomic E-state index is -1.13. The van der Waals surface area contributed by atoms with Gasteiger partial charge in [0, 0.05) is 5.39 Å². The van der Waals surface area contributed by atoms with Gasteiger partial charge in [-0.05, 0) is 17.5 Å². The van der Waals surface area contributed by atoms with Crippen LogP contribution in [0.1, 0.15) is 20.7 Å². The number of aromatic carboxylic acids is 2. The Morgan fingerprint density at radius 1 is 0.812 bits per heavy atom. The predicted molar refractivity (Wildman–Crippen MR) is 57.9 cm³/mol. The molecule has 0 atom stereocenters. The molecule has 0 radical (unpaired) electrons. The topological polar surface area (TPSA) is 74.6 Å². The van der Waals surface area contributed by atoms with E-state index >= 15 is 0 Å². The number of carboxylic acids is 2. The highest BCUT2D eigenvalue weighted by Gasteiger charge is 2.15. The monoisotopic (exact) mass is 216 g/mol. The molecular formula is C12H8O4. The van der Waals surface area contributed by atoms with Crippen LogP contribution in [-0.2, 0) is 0 Å². The van der Waals surface area contributed by atoms with Crippen molar-refractivity contribution >= 4 is 22.7 Å². The third-order valence-corrected chi connectivity index (χ3v) is 2.37. The van der Waals surface area contributed by atoms with Gasteiger partial charge in [0.1, 0.15) is 0 Å². The Morgan fingerprint density at radius 3 is 1.62 bits per heavy atom. The second-order valence-electron chi connectivity index (χ2n) is 3.32. The molecule has 80 valence electrons. The van der Waals surface area contributed by atoms with Gasteiger partial charge in [-0.25, -0.2) is 9.59 Å². The molecule has 16 heavy (non-hydrogen) atoms. The van der Waals surface area contributed by atoms with E-state index in [1.165, 1.54) is 12.1 Å². The zero-order valence-corrected chi connectivity index (χ0v) is 8.18. The second kappa shape index (κ2) is 3.66. The first-order chi connectivity index (χ1) is 7.61. The van der Waals surface area contributed by atoms with Crippen LogP contribution in [0.25, 0.3) is 10.8 Å². The van der Waals surface area contributed by atoms with E-state index in [2.05, 4.69) is 0 Å². The number of fused-ring (bicyclic) bond motifs is 1. The van der Waals surface area contributed by atoms with Crippen LogP contribution in [0.4, 0.5) is 0 Å². The maximum atomic E-state index is 11.0. The Labute approximate surface area is 90.8 Å². The van der Waals surface area contributed by atoms with Crippen LogP contribution in [0.15, 0.2) is 36.4 Å².